The van der Waals surface area contributed by atoms with Gasteiger partial charge in [-0.2, -0.15) is 4.52 Å². The predicted molar refractivity (Wildman–Crippen MR) is 99.7 cm³/mol. The second-order valence-corrected chi connectivity index (χ2v) is 8.43. The molecule has 5 nitrogen and oxygen atoms in total. The van der Waals surface area contributed by atoms with Crippen molar-refractivity contribution in [1.29, 1.82) is 0 Å². The van der Waals surface area contributed by atoms with Crippen LogP contribution < -0.4 is 4.90 Å². The first-order valence-electron chi connectivity index (χ1n) is 8.68. The molecular weight excluding hydrogens is 356 g/mol. The summed E-state index contributed by atoms with van der Waals surface area (Å²) < 4.78 is 1.56. The Hall–Kier alpha value is -1.63. The molecule has 1 aliphatic rings. The van der Waals surface area contributed by atoms with E-state index in [-0.39, 0.29) is 11.9 Å². The highest BCUT2D eigenvalue weighted by Gasteiger charge is 2.35. The van der Waals surface area contributed by atoms with Gasteiger partial charge in [-0.3, -0.25) is 0 Å². The number of hydrogen-bond donors (Lipinski definition) is 2. The van der Waals surface area contributed by atoms with Crippen molar-refractivity contribution in [3.8, 4) is 5.88 Å². The van der Waals surface area contributed by atoms with Crippen molar-refractivity contribution >= 4 is 27.9 Å². The van der Waals surface area contributed by atoms with Gasteiger partial charge < -0.3 is 10.0 Å². The van der Waals surface area contributed by atoms with E-state index in [2.05, 4.69) is 29.1 Å². The van der Waals surface area contributed by atoms with E-state index < -0.39 is 0 Å². The smallest absolute Gasteiger partial charge is 0.235 e. The molecule has 132 valence electrons. The maximum absolute atomic E-state index is 10.8. The van der Waals surface area contributed by atoms with Gasteiger partial charge in [0.1, 0.15) is 10.7 Å². The van der Waals surface area contributed by atoms with E-state index in [4.69, 9.17) is 11.6 Å². The van der Waals surface area contributed by atoms with E-state index in [1.54, 1.807) is 4.52 Å². The predicted octanol–water partition coefficient (Wildman–Crippen LogP) is 2.86. The zero-order valence-corrected chi connectivity index (χ0v) is 15.9. The van der Waals surface area contributed by atoms with Crippen molar-refractivity contribution in [2.45, 2.75) is 32.7 Å². The van der Waals surface area contributed by atoms with E-state index in [0.717, 1.165) is 28.0 Å². The highest BCUT2D eigenvalue weighted by atomic mass is 35.5. The van der Waals surface area contributed by atoms with E-state index >= 15 is 0 Å². The van der Waals surface area contributed by atoms with E-state index in [1.165, 1.54) is 34.6 Å². The molecule has 7 heteroatoms. The van der Waals surface area contributed by atoms with Crippen molar-refractivity contribution in [1.82, 2.24) is 14.6 Å². The SMILES string of the molecule is Cc1nc2sc([C@@H](c3ccc(Cl)cc3)[NH+]3CCC[C@H](C)C3)c(O)n2n1. The van der Waals surface area contributed by atoms with Crippen LogP contribution in [0.5, 0.6) is 5.88 Å². The molecule has 0 bridgehead atoms. The van der Waals surface area contributed by atoms with Crippen LogP contribution in [0.4, 0.5) is 0 Å². The van der Waals surface area contributed by atoms with Crippen molar-refractivity contribution < 1.29 is 10.0 Å². The molecule has 2 aromatic heterocycles. The normalized spacial score (nSPS) is 22.4. The average Bonchev–Trinajstić information content (AvgIpc) is 3.08. The number of aryl methyl sites for hydroxylation is 1. The fourth-order valence-corrected chi connectivity index (χ4v) is 5.17. The van der Waals surface area contributed by atoms with Gasteiger partial charge in [0.25, 0.3) is 0 Å². The van der Waals surface area contributed by atoms with Crippen LogP contribution in [0.1, 0.15) is 42.1 Å². The molecule has 0 radical (unpaired) electrons. The largest absolute Gasteiger partial charge is 0.492 e. The molecular formula is C18H22ClN4OS+. The maximum Gasteiger partial charge on any atom is 0.235 e. The molecule has 0 aliphatic carbocycles. The third-order valence-electron chi connectivity index (χ3n) is 4.98. The van der Waals surface area contributed by atoms with E-state index in [0.29, 0.717) is 11.7 Å². The van der Waals surface area contributed by atoms with Crippen LogP contribution in [0, 0.1) is 12.8 Å². The van der Waals surface area contributed by atoms with Crippen LogP contribution in [-0.2, 0) is 0 Å². The fourth-order valence-electron chi connectivity index (χ4n) is 3.86. The van der Waals surface area contributed by atoms with Gasteiger partial charge >= 0.3 is 0 Å². The topological polar surface area (TPSA) is 54.9 Å². The molecule has 1 saturated heterocycles. The summed E-state index contributed by atoms with van der Waals surface area (Å²) in [4.78, 5) is 7.58. The Morgan fingerprint density at radius 2 is 2.12 bits per heavy atom. The lowest BCUT2D eigenvalue weighted by Gasteiger charge is -2.34. The summed E-state index contributed by atoms with van der Waals surface area (Å²) in [5.41, 5.74) is 1.17. The second-order valence-electron chi connectivity index (χ2n) is 6.99. The second kappa shape index (κ2) is 6.59. The zero-order valence-electron chi connectivity index (χ0n) is 14.4. The molecule has 1 aromatic carbocycles. The molecule has 3 heterocycles. The summed E-state index contributed by atoms with van der Waals surface area (Å²) in [6, 6.07) is 8.07. The summed E-state index contributed by atoms with van der Waals surface area (Å²) in [6.45, 7) is 6.35. The molecule has 1 fully saturated rings. The first kappa shape index (κ1) is 16.8. The van der Waals surface area contributed by atoms with Crippen LogP contribution in [0.2, 0.25) is 5.02 Å². The Bertz CT molecular complexity index is 889. The van der Waals surface area contributed by atoms with Crippen LogP contribution in [0.15, 0.2) is 24.3 Å². The first-order chi connectivity index (χ1) is 12.0. The minimum Gasteiger partial charge on any atom is -0.492 e. The van der Waals surface area contributed by atoms with Gasteiger partial charge in [-0.1, -0.05) is 42.0 Å². The number of thiazole rings is 1. The lowest BCUT2D eigenvalue weighted by molar-refractivity contribution is -0.933. The number of halogens is 1. The summed E-state index contributed by atoms with van der Waals surface area (Å²) in [5.74, 6) is 1.58. The minimum atomic E-state index is 0.0776. The summed E-state index contributed by atoms with van der Waals surface area (Å²) >= 11 is 7.62. The molecule has 1 unspecified atom stereocenters. The zero-order chi connectivity index (χ0) is 17.6. The standard InChI is InChI=1S/C18H21ClN4OS/c1-11-4-3-9-22(10-11)15(13-5-7-14(19)8-6-13)16-17(24)23-18(25-16)20-12(2)21-23/h5-8,11,15,24H,3-4,9-10H2,1-2H3/p+1/t11-,15+/m0/s1. The third-order valence-corrected chi connectivity index (χ3v) is 6.32. The molecule has 0 spiro atoms. The van der Waals surface area contributed by atoms with E-state index in [9.17, 15) is 5.11 Å². The Morgan fingerprint density at radius 3 is 2.80 bits per heavy atom. The van der Waals surface area contributed by atoms with Gasteiger partial charge in [-0.15, -0.1) is 5.10 Å². The number of nitrogens with one attached hydrogen (secondary N) is 1. The number of fused-ring (bicyclic) bond motifs is 1. The fraction of sp³-hybridized carbons (Fsp3) is 0.444. The van der Waals surface area contributed by atoms with Gasteiger partial charge in [0.2, 0.25) is 10.8 Å². The number of aromatic hydroxyl groups is 1. The Labute approximate surface area is 155 Å². The number of hydrogen-bond acceptors (Lipinski definition) is 4. The summed E-state index contributed by atoms with van der Waals surface area (Å²) in [5, 5.41) is 15.9. The number of aromatic nitrogens is 3. The van der Waals surface area contributed by atoms with Crippen molar-refractivity contribution in [2.75, 3.05) is 13.1 Å². The summed E-state index contributed by atoms with van der Waals surface area (Å²) in [6.07, 6.45) is 2.48. The van der Waals surface area contributed by atoms with Crippen molar-refractivity contribution in [2.24, 2.45) is 5.92 Å². The molecule has 2 N–H and O–H groups in total. The number of rotatable bonds is 3. The molecule has 3 aromatic rings. The Morgan fingerprint density at radius 1 is 1.36 bits per heavy atom. The minimum absolute atomic E-state index is 0.0776. The van der Waals surface area contributed by atoms with Crippen LogP contribution in [-0.4, -0.2) is 32.8 Å². The lowest BCUT2D eigenvalue weighted by Crippen LogP contribution is -3.13. The number of likely N-dealkylation sites (tertiary alicyclic amines) is 1. The molecule has 4 rings (SSSR count). The Kier molecular flexibility index (Phi) is 4.43. The van der Waals surface area contributed by atoms with Crippen molar-refractivity contribution in [3.05, 3.63) is 45.6 Å². The molecule has 0 saturated carbocycles. The number of nitrogens with zero attached hydrogens (tertiary/aromatic N) is 3. The number of piperidine rings is 1. The quantitative estimate of drug-likeness (QED) is 0.738. The van der Waals surface area contributed by atoms with Gasteiger partial charge in [0.05, 0.1) is 13.1 Å². The first-order valence-corrected chi connectivity index (χ1v) is 9.87. The molecule has 0 amide bonds. The molecule has 3 atom stereocenters. The number of quaternary nitrogens is 1. The van der Waals surface area contributed by atoms with Crippen LogP contribution >= 0.6 is 22.9 Å². The van der Waals surface area contributed by atoms with Gasteiger partial charge in [0.15, 0.2) is 6.04 Å². The average molecular weight is 378 g/mol. The lowest BCUT2D eigenvalue weighted by atomic mass is 9.95. The molecule has 1 aliphatic heterocycles. The van der Waals surface area contributed by atoms with Gasteiger partial charge in [-0.25, -0.2) is 4.98 Å². The van der Waals surface area contributed by atoms with Gasteiger partial charge in [-0.05, 0) is 31.9 Å². The van der Waals surface area contributed by atoms with Crippen LogP contribution in [0.25, 0.3) is 4.96 Å². The number of benzene rings is 1. The highest BCUT2D eigenvalue weighted by molar-refractivity contribution is 7.17. The van der Waals surface area contributed by atoms with E-state index in [1.807, 2.05) is 19.1 Å². The highest BCUT2D eigenvalue weighted by Crippen LogP contribution is 2.35. The Balaban J connectivity index is 1.81. The molecule has 25 heavy (non-hydrogen) atoms. The monoisotopic (exact) mass is 377 g/mol. The van der Waals surface area contributed by atoms with Crippen LogP contribution in [0.3, 0.4) is 0 Å². The van der Waals surface area contributed by atoms with Gasteiger partial charge in [0, 0.05) is 16.5 Å². The maximum atomic E-state index is 10.8. The summed E-state index contributed by atoms with van der Waals surface area (Å²) in [7, 11) is 0. The third kappa shape index (κ3) is 3.14. The van der Waals surface area contributed by atoms with Crippen molar-refractivity contribution in [3.63, 3.8) is 0 Å².